The van der Waals surface area contributed by atoms with Gasteiger partial charge < -0.3 is 4.74 Å². The highest BCUT2D eigenvalue weighted by Crippen LogP contribution is 2.40. The first-order valence-corrected chi connectivity index (χ1v) is 8.45. The Labute approximate surface area is 154 Å². The van der Waals surface area contributed by atoms with Gasteiger partial charge in [0.25, 0.3) is 0 Å². The molecule has 0 saturated carbocycles. The maximum absolute atomic E-state index is 11.3. The summed E-state index contributed by atoms with van der Waals surface area (Å²) in [6.07, 6.45) is 3.83. The van der Waals surface area contributed by atoms with E-state index in [0.717, 1.165) is 17.5 Å². The molecule has 0 heterocycles. The van der Waals surface area contributed by atoms with Gasteiger partial charge in [0, 0.05) is 18.1 Å². The van der Waals surface area contributed by atoms with Crippen molar-refractivity contribution in [1.82, 2.24) is 0 Å². The highest BCUT2D eigenvalue weighted by Gasteiger charge is 2.21. The first-order chi connectivity index (χ1) is 12.7. The molecule has 0 amide bonds. The molecule has 128 valence electrons. The number of rotatable bonds is 3. The first kappa shape index (κ1) is 17.4. The van der Waals surface area contributed by atoms with Crippen LogP contribution in [0.5, 0.6) is 5.75 Å². The molecular weight excluding hydrogens is 320 g/mol. The van der Waals surface area contributed by atoms with E-state index in [9.17, 15) is 4.79 Å². The van der Waals surface area contributed by atoms with Gasteiger partial charge in [-0.05, 0) is 28.3 Å². The van der Waals surface area contributed by atoms with Gasteiger partial charge in [-0.15, -0.1) is 0 Å². The van der Waals surface area contributed by atoms with Gasteiger partial charge in [-0.2, -0.15) is 0 Å². The van der Waals surface area contributed by atoms with Gasteiger partial charge in [0.05, 0.1) is 0 Å². The number of hydrogen-bond donors (Lipinski definition) is 0. The Hall–Kier alpha value is -3.39. The smallest absolute Gasteiger partial charge is 0.335 e. The molecule has 3 aromatic carbocycles. The number of ether oxygens (including phenoxy) is 1. The van der Waals surface area contributed by atoms with Crippen LogP contribution in [-0.2, 0) is 11.2 Å². The van der Waals surface area contributed by atoms with Crippen LogP contribution in [0, 0.1) is 0 Å². The van der Waals surface area contributed by atoms with Crippen molar-refractivity contribution in [3.05, 3.63) is 109 Å². The lowest BCUT2D eigenvalue weighted by Crippen LogP contribution is -2.04. The summed E-state index contributed by atoms with van der Waals surface area (Å²) in [7, 11) is 0. The Morgan fingerprint density at radius 2 is 1.54 bits per heavy atom. The zero-order valence-corrected chi connectivity index (χ0v) is 14.5. The molecule has 1 aliphatic rings. The third-order valence-corrected chi connectivity index (χ3v) is 4.22. The minimum atomic E-state index is -0.417. The van der Waals surface area contributed by atoms with Crippen molar-refractivity contribution in [3.8, 4) is 16.9 Å². The van der Waals surface area contributed by atoms with Crippen LogP contribution in [0.15, 0.2) is 92.0 Å². The lowest BCUT2D eigenvalue weighted by atomic mass is 10.1. The van der Waals surface area contributed by atoms with Crippen LogP contribution in [0.4, 0.5) is 0 Å². The number of carbonyl (C=O) groups is 1. The van der Waals surface area contributed by atoms with Gasteiger partial charge in [0.1, 0.15) is 5.75 Å². The number of carbonyl (C=O) groups excluding carboxylic acids is 1. The largest absolute Gasteiger partial charge is 0.423 e. The van der Waals surface area contributed by atoms with Crippen molar-refractivity contribution < 1.29 is 9.53 Å². The van der Waals surface area contributed by atoms with Crippen LogP contribution >= 0.6 is 0 Å². The van der Waals surface area contributed by atoms with Crippen molar-refractivity contribution in [2.75, 3.05) is 0 Å². The Morgan fingerprint density at radius 3 is 2.23 bits per heavy atom. The molecular formula is C24H20O2. The maximum atomic E-state index is 11.3. The van der Waals surface area contributed by atoms with E-state index in [2.05, 4.69) is 31.4 Å². The normalized spacial score (nSPS) is 10.6. The Balaban J connectivity index is 0.000000206. The number of fused-ring (bicyclic) bond motifs is 3. The average Bonchev–Trinajstić information content (AvgIpc) is 3.09. The summed E-state index contributed by atoms with van der Waals surface area (Å²) in [6, 6.07) is 24.1. The summed E-state index contributed by atoms with van der Waals surface area (Å²) in [5.41, 5.74) is 5.90. The van der Waals surface area contributed by atoms with Gasteiger partial charge in [0.2, 0.25) is 0 Å². The summed E-state index contributed by atoms with van der Waals surface area (Å²) >= 11 is 0. The van der Waals surface area contributed by atoms with Crippen LogP contribution < -0.4 is 4.74 Å². The highest BCUT2D eigenvalue weighted by atomic mass is 16.5. The van der Waals surface area contributed by atoms with E-state index in [4.69, 9.17) is 4.74 Å². The topological polar surface area (TPSA) is 26.3 Å². The van der Waals surface area contributed by atoms with Gasteiger partial charge in [-0.1, -0.05) is 86.0 Å². The summed E-state index contributed by atoms with van der Waals surface area (Å²) in [5, 5.41) is 0. The molecule has 0 unspecified atom stereocenters. The molecule has 0 saturated heterocycles. The zero-order chi connectivity index (χ0) is 18.4. The molecule has 4 rings (SSSR count). The van der Waals surface area contributed by atoms with Crippen molar-refractivity contribution in [2.45, 2.75) is 6.42 Å². The zero-order valence-electron chi connectivity index (χ0n) is 14.5. The van der Waals surface area contributed by atoms with E-state index in [0.29, 0.717) is 5.75 Å². The van der Waals surface area contributed by atoms with Crippen molar-refractivity contribution in [1.29, 1.82) is 0 Å². The molecule has 0 aromatic heterocycles. The molecule has 2 nitrogen and oxygen atoms in total. The monoisotopic (exact) mass is 340 g/mol. The van der Waals surface area contributed by atoms with E-state index >= 15 is 0 Å². The molecule has 3 aromatic rings. The van der Waals surface area contributed by atoms with E-state index in [-0.39, 0.29) is 0 Å². The van der Waals surface area contributed by atoms with Crippen molar-refractivity contribution in [3.63, 3.8) is 0 Å². The molecule has 0 bridgehead atoms. The second kappa shape index (κ2) is 8.13. The fourth-order valence-corrected chi connectivity index (χ4v) is 2.96. The Morgan fingerprint density at radius 1 is 0.846 bits per heavy atom. The van der Waals surface area contributed by atoms with E-state index in [1.807, 2.05) is 60.7 Å². The van der Waals surface area contributed by atoms with Crippen molar-refractivity contribution >= 4 is 12.0 Å². The SMILES string of the molecule is C=CC(=O)Oc1cccc2c1Cc1ccccc1-2.C=Cc1ccccc1. The number of hydrogen-bond acceptors (Lipinski definition) is 2. The molecule has 2 heteroatoms. The van der Waals surface area contributed by atoms with Gasteiger partial charge >= 0.3 is 5.97 Å². The minimum Gasteiger partial charge on any atom is -0.423 e. The maximum Gasteiger partial charge on any atom is 0.335 e. The third kappa shape index (κ3) is 3.81. The lowest BCUT2D eigenvalue weighted by Gasteiger charge is -2.07. The fraction of sp³-hybridized carbons (Fsp3) is 0.0417. The second-order valence-corrected chi connectivity index (χ2v) is 5.86. The van der Waals surface area contributed by atoms with E-state index < -0.39 is 5.97 Å². The molecule has 26 heavy (non-hydrogen) atoms. The summed E-state index contributed by atoms with van der Waals surface area (Å²) in [6.45, 7) is 7.05. The third-order valence-electron chi connectivity index (χ3n) is 4.22. The summed E-state index contributed by atoms with van der Waals surface area (Å²) < 4.78 is 5.28. The lowest BCUT2D eigenvalue weighted by molar-refractivity contribution is -0.129. The molecule has 0 aliphatic heterocycles. The summed E-state index contributed by atoms with van der Waals surface area (Å²) in [4.78, 5) is 11.3. The Bertz CT molecular complexity index is 939. The number of benzene rings is 3. The molecule has 0 N–H and O–H groups in total. The van der Waals surface area contributed by atoms with Crippen LogP contribution in [-0.4, -0.2) is 5.97 Å². The van der Waals surface area contributed by atoms with E-state index in [1.54, 1.807) is 0 Å². The fourth-order valence-electron chi connectivity index (χ4n) is 2.96. The molecule has 0 atom stereocenters. The van der Waals surface area contributed by atoms with Crippen LogP contribution in [0.3, 0.4) is 0 Å². The summed E-state index contributed by atoms with van der Waals surface area (Å²) in [5.74, 6) is 0.216. The molecule has 0 fully saturated rings. The van der Waals surface area contributed by atoms with E-state index in [1.165, 1.54) is 22.8 Å². The highest BCUT2D eigenvalue weighted by molar-refractivity contribution is 5.85. The van der Waals surface area contributed by atoms with Crippen LogP contribution in [0.1, 0.15) is 16.7 Å². The predicted molar refractivity (Wildman–Crippen MR) is 107 cm³/mol. The average molecular weight is 340 g/mol. The van der Waals surface area contributed by atoms with Crippen LogP contribution in [0.2, 0.25) is 0 Å². The van der Waals surface area contributed by atoms with Gasteiger partial charge in [0.15, 0.2) is 0 Å². The second-order valence-electron chi connectivity index (χ2n) is 5.86. The van der Waals surface area contributed by atoms with Gasteiger partial charge in [-0.25, -0.2) is 4.79 Å². The molecule has 0 radical (unpaired) electrons. The first-order valence-electron chi connectivity index (χ1n) is 8.45. The number of esters is 1. The minimum absolute atomic E-state index is 0.417. The van der Waals surface area contributed by atoms with Crippen molar-refractivity contribution in [2.24, 2.45) is 0 Å². The standard InChI is InChI=1S/C16H12O2.C8H8/c1-2-16(17)18-15-9-5-8-13-12-7-4-3-6-11(12)10-14(13)15;1-2-8-6-4-3-5-7-8/h2-9H,1,10H2;2-7H,1H2. The Kier molecular flexibility index (Phi) is 5.45. The molecule has 0 spiro atoms. The van der Waals surface area contributed by atoms with Crippen LogP contribution in [0.25, 0.3) is 17.2 Å². The van der Waals surface area contributed by atoms with Gasteiger partial charge in [-0.3, -0.25) is 0 Å². The quantitative estimate of drug-likeness (QED) is 0.272. The predicted octanol–water partition coefficient (Wildman–Crippen LogP) is 5.68. The molecule has 1 aliphatic carbocycles.